The molecule has 0 radical (unpaired) electrons. The number of benzene rings is 1. The Morgan fingerprint density at radius 1 is 1.37 bits per heavy atom. The van der Waals surface area contributed by atoms with Gasteiger partial charge < -0.3 is 5.32 Å². The lowest BCUT2D eigenvalue weighted by Gasteiger charge is -2.24. The van der Waals surface area contributed by atoms with Crippen molar-refractivity contribution in [3.8, 4) is 0 Å². The van der Waals surface area contributed by atoms with Crippen molar-refractivity contribution in [1.82, 2.24) is 14.6 Å². The maximum Gasteiger partial charge on any atom is 0.244 e. The van der Waals surface area contributed by atoms with Crippen molar-refractivity contribution >= 4 is 27.3 Å². The average molecular weight is 408 g/mol. The fraction of sp³-hybridized carbons (Fsp3) is 0.474. The molecule has 1 atom stereocenters. The number of aromatic nitrogens is 1. The van der Waals surface area contributed by atoms with Crippen LogP contribution in [-0.4, -0.2) is 42.7 Å². The molecule has 0 bridgehead atoms. The highest BCUT2D eigenvalue weighted by molar-refractivity contribution is 7.89. The third-order valence-electron chi connectivity index (χ3n) is 4.79. The Hall–Kier alpha value is -1.77. The molecule has 0 spiro atoms. The second-order valence-corrected chi connectivity index (χ2v) is 9.56. The first-order chi connectivity index (χ1) is 12.9. The van der Waals surface area contributed by atoms with Crippen LogP contribution in [0.2, 0.25) is 0 Å². The maximum atomic E-state index is 13.2. The molecule has 27 heavy (non-hydrogen) atoms. The Morgan fingerprint density at radius 2 is 2.15 bits per heavy atom. The van der Waals surface area contributed by atoms with E-state index in [1.54, 1.807) is 23.5 Å². The number of rotatable bonds is 7. The molecule has 0 saturated carbocycles. The first-order valence-electron chi connectivity index (χ1n) is 9.22. The Labute approximate surface area is 164 Å². The van der Waals surface area contributed by atoms with Crippen LogP contribution < -0.4 is 5.32 Å². The summed E-state index contributed by atoms with van der Waals surface area (Å²) in [5.41, 5.74) is 1.73. The molecule has 1 unspecified atom stereocenters. The van der Waals surface area contributed by atoms with Crippen LogP contribution in [-0.2, 0) is 27.7 Å². The van der Waals surface area contributed by atoms with E-state index in [0.29, 0.717) is 43.7 Å². The van der Waals surface area contributed by atoms with E-state index in [1.807, 2.05) is 31.4 Å². The second-order valence-electron chi connectivity index (χ2n) is 6.63. The van der Waals surface area contributed by atoms with E-state index in [-0.39, 0.29) is 5.91 Å². The van der Waals surface area contributed by atoms with Gasteiger partial charge in [-0.1, -0.05) is 25.1 Å². The summed E-state index contributed by atoms with van der Waals surface area (Å²) in [5, 5.41) is 5.86. The molecule has 1 aliphatic rings. The number of nitrogens with zero attached hydrogens (tertiary/aromatic N) is 2. The van der Waals surface area contributed by atoms with Crippen LogP contribution in [0.4, 0.5) is 0 Å². The van der Waals surface area contributed by atoms with Gasteiger partial charge in [0.2, 0.25) is 15.9 Å². The highest BCUT2D eigenvalue weighted by Crippen LogP contribution is 2.28. The van der Waals surface area contributed by atoms with Crippen molar-refractivity contribution in [2.45, 2.75) is 50.5 Å². The van der Waals surface area contributed by atoms with Crippen LogP contribution in [0.15, 0.2) is 34.5 Å². The summed E-state index contributed by atoms with van der Waals surface area (Å²) in [6, 6.07) is 6.39. The Morgan fingerprint density at radius 3 is 2.85 bits per heavy atom. The SMILES string of the molecule is CCc1ccccc1S(=O)(=O)N1CCCC1C(=O)NCCc1csc(C)n1. The van der Waals surface area contributed by atoms with E-state index in [9.17, 15) is 13.2 Å². The minimum absolute atomic E-state index is 0.225. The Bertz CT molecular complexity index is 908. The summed E-state index contributed by atoms with van der Waals surface area (Å²) in [4.78, 5) is 17.3. The number of carbonyl (C=O) groups is 1. The van der Waals surface area contributed by atoms with E-state index in [1.165, 1.54) is 4.31 Å². The van der Waals surface area contributed by atoms with Crippen LogP contribution in [0.25, 0.3) is 0 Å². The molecule has 6 nitrogen and oxygen atoms in total. The predicted molar refractivity (Wildman–Crippen MR) is 106 cm³/mol. The molecule has 1 aromatic carbocycles. The largest absolute Gasteiger partial charge is 0.354 e. The molecule has 2 heterocycles. The Balaban J connectivity index is 1.69. The van der Waals surface area contributed by atoms with Gasteiger partial charge in [-0.2, -0.15) is 4.31 Å². The van der Waals surface area contributed by atoms with Gasteiger partial charge in [0.25, 0.3) is 0 Å². The quantitative estimate of drug-likeness (QED) is 0.765. The zero-order chi connectivity index (χ0) is 19.4. The molecule has 0 aliphatic carbocycles. The zero-order valence-corrected chi connectivity index (χ0v) is 17.3. The van der Waals surface area contributed by atoms with Crippen LogP contribution >= 0.6 is 11.3 Å². The lowest BCUT2D eigenvalue weighted by Crippen LogP contribution is -2.46. The summed E-state index contributed by atoms with van der Waals surface area (Å²) < 4.78 is 27.7. The average Bonchev–Trinajstić information content (AvgIpc) is 3.31. The lowest BCUT2D eigenvalue weighted by atomic mass is 10.2. The van der Waals surface area contributed by atoms with E-state index in [4.69, 9.17) is 0 Å². The van der Waals surface area contributed by atoms with Gasteiger partial charge in [0.15, 0.2) is 0 Å². The molecule has 3 rings (SSSR count). The monoisotopic (exact) mass is 407 g/mol. The summed E-state index contributed by atoms with van der Waals surface area (Å²) >= 11 is 1.58. The van der Waals surface area contributed by atoms with Gasteiger partial charge in [-0.25, -0.2) is 13.4 Å². The third kappa shape index (κ3) is 4.39. The molecule has 1 saturated heterocycles. The molecular formula is C19H25N3O3S2. The van der Waals surface area contributed by atoms with Gasteiger partial charge in [0.1, 0.15) is 6.04 Å². The molecule has 1 N–H and O–H groups in total. The molecule has 1 amide bonds. The lowest BCUT2D eigenvalue weighted by molar-refractivity contribution is -0.124. The molecule has 8 heteroatoms. The van der Waals surface area contributed by atoms with Gasteiger partial charge in [-0.3, -0.25) is 4.79 Å². The van der Waals surface area contributed by atoms with Crippen LogP contribution in [0, 0.1) is 6.92 Å². The van der Waals surface area contributed by atoms with Gasteiger partial charge in [0, 0.05) is 24.9 Å². The summed E-state index contributed by atoms with van der Waals surface area (Å²) in [5.74, 6) is -0.225. The van der Waals surface area contributed by atoms with Gasteiger partial charge in [-0.15, -0.1) is 11.3 Å². The number of thiazole rings is 1. The maximum absolute atomic E-state index is 13.2. The van der Waals surface area contributed by atoms with Crippen LogP contribution in [0.1, 0.15) is 36.0 Å². The van der Waals surface area contributed by atoms with E-state index in [2.05, 4.69) is 10.3 Å². The van der Waals surface area contributed by atoms with Crippen LogP contribution in [0.5, 0.6) is 0 Å². The van der Waals surface area contributed by atoms with Crippen molar-refractivity contribution in [2.24, 2.45) is 0 Å². The minimum atomic E-state index is -3.69. The number of carbonyl (C=O) groups excluding carboxylic acids is 1. The molecule has 1 aromatic heterocycles. The molecule has 1 fully saturated rings. The number of sulfonamides is 1. The topological polar surface area (TPSA) is 79.4 Å². The number of amides is 1. The van der Waals surface area contributed by atoms with Crippen molar-refractivity contribution in [2.75, 3.05) is 13.1 Å². The number of nitrogens with one attached hydrogen (secondary N) is 1. The number of hydrogen-bond acceptors (Lipinski definition) is 5. The van der Waals surface area contributed by atoms with E-state index in [0.717, 1.165) is 16.3 Å². The highest BCUT2D eigenvalue weighted by atomic mass is 32.2. The van der Waals surface area contributed by atoms with E-state index >= 15 is 0 Å². The van der Waals surface area contributed by atoms with Gasteiger partial charge in [0.05, 0.1) is 15.6 Å². The van der Waals surface area contributed by atoms with Crippen LogP contribution in [0.3, 0.4) is 0 Å². The molecule has 1 aliphatic heterocycles. The summed E-state index contributed by atoms with van der Waals surface area (Å²) in [7, 11) is -3.69. The summed E-state index contributed by atoms with van der Waals surface area (Å²) in [6.45, 7) is 4.71. The first kappa shape index (κ1) is 20.0. The third-order valence-corrected chi connectivity index (χ3v) is 7.62. The smallest absolute Gasteiger partial charge is 0.244 e. The number of hydrogen-bond donors (Lipinski definition) is 1. The second kappa shape index (κ2) is 8.50. The van der Waals surface area contributed by atoms with Gasteiger partial charge >= 0.3 is 0 Å². The molecular weight excluding hydrogens is 382 g/mol. The van der Waals surface area contributed by atoms with Crippen molar-refractivity contribution in [3.63, 3.8) is 0 Å². The van der Waals surface area contributed by atoms with E-state index < -0.39 is 16.1 Å². The summed E-state index contributed by atoms with van der Waals surface area (Å²) in [6.07, 6.45) is 2.52. The minimum Gasteiger partial charge on any atom is -0.354 e. The first-order valence-corrected chi connectivity index (χ1v) is 11.5. The normalized spacial score (nSPS) is 17.9. The van der Waals surface area contributed by atoms with Gasteiger partial charge in [-0.05, 0) is 37.8 Å². The molecule has 2 aromatic rings. The van der Waals surface area contributed by atoms with Crippen molar-refractivity contribution in [3.05, 3.63) is 45.9 Å². The van der Waals surface area contributed by atoms with Crippen molar-refractivity contribution in [1.29, 1.82) is 0 Å². The standard InChI is InChI=1S/C19H25N3O3S2/c1-3-15-7-4-5-9-18(15)27(24,25)22-12-6-8-17(22)19(23)20-11-10-16-13-26-14(2)21-16/h4-5,7,9,13,17H,3,6,8,10-12H2,1-2H3,(H,20,23). The predicted octanol–water partition coefficient (Wildman–Crippen LogP) is 2.53. The fourth-order valence-corrected chi connectivity index (χ4v) is 6.02. The highest BCUT2D eigenvalue weighted by Gasteiger charge is 2.39. The fourth-order valence-electron chi connectivity index (χ4n) is 3.42. The number of aryl methyl sites for hydroxylation is 2. The van der Waals surface area contributed by atoms with Crippen molar-refractivity contribution < 1.29 is 13.2 Å². The molecule has 146 valence electrons. The zero-order valence-electron chi connectivity index (χ0n) is 15.6. The Kier molecular flexibility index (Phi) is 6.29.